The Kier molecular flexibility index (Phi) is 7.10. The van der Waals surface area contributed by atoms with Gasteiger partial charge in [-0.2, -0.15) is 18.4 Å². The maximum absolute atomic E-state index is 14.4. The Morgan fingerprint density at radius 1 is 1.12 bits per heavy atom. The molecular weight excluding hydrogens is 467 g/mol. The summed E-state index contributed by atoms with van der Waals surface area (Å²) in [6.07, 6.45) is -2.67. The third-order valence-electron chi connectivity index (χ3n) is 6.08. The number of rotatable bonds is 9. The Bertz CT molecular complexity index is 1180. The molecule has 1 saturated carbocycles. The first-order chi connectivity index (χ1) is 15.8. The Labute approximate surface area is 197 Å². The van der Waals surface area contributed by atoms with E-state index in [1.165, 1.54) is 36.4 Å². The number of carbonyl (C=O) groups excluding carboxylic acids is 1. The molecule has 2 N–H and O–H groups in total. The van der Waals surface area contributed by atoms with Crippen LogP contribution in [0.2, 0.25) is 0 Å². The number of nitrogens with zero attached hydrogens (tertiary/aromatic N) is 2. The smallest absolute Gasteiger partial charge is 0.368 e. The molecule has 0 spiro atoms. The lowest BCUT2D eigenvalue weighted by Crippen LogP contribution is -2.55. The van der Waals surface area contributed by atoms with Gasteiger partial charge in [-0.3, -0.25) is 9.69 Å². The Balaban J connectivity index is 2.04. The van der Waals surface area contributed by atoms with Gasteiger partial charge in [0, 0.05) is 6.26 Å². The van der Waals surface area contributed by atoms with Gasteiger partial charge in [-0.05, 0) is 48.1 Å². The highest BCUT2D eigenvalue weighted by molar-refractivity contribution is 7.90. The number of alkyl halides is 3. The highest BCUT2D eigenvalue weighted by Gasteiger charge is 2.60. The van der Waals surface area contributed by atoms with Crippen LogP contribution in [0.1, 0.15) is 44.2 Å². The molecule has 0 heterocycles. The first kappa shape index (κ1) is 25.7. The molecule has 3 rings (SSSR count). The molecule has 0 saturated heterocycles. The number of nitrogens with two attached hydrogens (primary N) is 1. The van der Waals surface area contributed by atoms with Crippen LogP contribution in [0.3, 0.4) is 0 Å². The van der Waals surface area contributed by atoms with Gasteiger partial charge in [0.25, 0.3) is 0 Å². The van der Waals surface area contributed by atoms with Crippen LogP contribution in [0.25, 0.3) is 11.1 Å². The third-order valence-corrected chi connectivity index (χ3v) is 7.21. The van der Waals surface area contributed by atoms with Crippen molar-refractivity contribution < 1.29 is 26.4 Å². The second-order valence-corrected chi connectivity index (χ2v) is 10.6. The monoisotopic (exact) mass is 493 g/mol. The van der Waals surface area contributed by atoms with Crippen LogP contribution in [0.5, 0.6) is 0 Å². The van der Waals surface area contributed by atoms with Crippen LogP contribution in [-0.2, 0) is 14.6 Å². The topological polar surface area (TPSA) is 104 Å². The van der Waals surface area contributed by atoms with Crippen molar-refractivity contribution in [3.05, 3.63) is 54.1 Å². The molecule has 2 aromatic carbocycles. The summed E-state index contributed by atoms with van der Waals surface area (Å²) in [5.41, 5.74) is 5.24. The Morgan fingerprint density at radius 2 is 1.62 bits per heavy atom. The number of amides is 1. The van der Waals surface area contributed by atoms with Gasteiger partial charge in [0.05, 0.1) is 17.0 Å². The maximum Gasteiger partial charge on any atom is 0.408 e. The van der Waals surface area contributed by atoms with Gasteiger partial charge in [0.2, 0.25) is 5.91 Å². The molecule has 0 aromatic heterocycles. The van der Waals surface area contributed by atoms with E-state index in [0.717, 1.165) is 11.2 Å². The molecule has 1 aliphatic rings. The first-order valence-electron chi connectivity index (χ1n) is 10.8. The van der Waals surface area contributed by atoms with Crippen molar-refractivity contribution in [3.8, 4) is 17.2 Å². The fourth-order valence-electron chi connectivity index (χ4n) is 4.22. The van der Waals surface area contributed by atoms with Crippen LogP contribution in [0.15, 0.2) is 53.4 Å². The predicted molar refractivity (Wildman–Crippen MR) is 121 cm³/mol. The van der Waals surface area contributed by atoms with E-state index in [-0.39, 0.29) is 29.7 Å². The summed E-state index contributed by atoms with van der Waals surface area (Å²) in [7, 11) is -3.37. The summed E-state index contributed by atoms with van der Waals surface area (Å²) >= 11 is 0. The third kappa shape index (κ3) is 5.26. The van der Waals surface area contributed by atoms with Gasteiger partial charge in [-0.1, -0.05) is 49.7 Å². The summed E-state index contributed by atoms with van der Waals surface area (Å²) in [5.74, 6) is -0.889. The number of benzene rings is 2. The van der Waals surface area contributed by atoms with Crippen LogP contribution in [0, 0.1) is 11.3 Å². The van der Waals surface area contributed by atoms with Crippen molar-refractivity contribution >= 4 is 15.7 Å². The molecule has 10 heteroatoms. The summed E-state index contributed by atoms with van der Waals surface area (Å²) in [5, 5.41) is 9.71. The Hall–Kier alpha value is -2.90. The zero-order valence-electron chi connectivity index (χ0n) is 18.8. The quantitative estimate of drug-likeness (QED) is 0.559. The molecule has 0 bridgehead atoms. The number of hydrogen-bond donors (Lipinski definition) is 1. The van der Waals surface area contributed by atoms with Gasteiger partial charge in [0.1, 0.15) is 11.6 Å². The van der Waals surface area contributed by atoms with Crippen molar-refractivity contribution in [2.75, 3.05) is 6.26 Å². The summed E-state index contributed by atoms with van der Waals surface area (Å²) in [6.45, 7) is 1.74. The van der Waals surface area contributed by atoms with E-state index in [0.29, 0.717) is 17.5 Å². The van der Waals surface area contributed by atoms with E-state index in [1.54, 1.807) is 19.1 Å². The number of nitriles is 1. The van der Waals surface area contributed by atoms with Crippen LogP contribution < -0.4 is 5.73 Å². The first-order valence-corrected chi connectivity index (χ1v) is 12.7. The van der Waals surface area contributed by atoms with Crippen LogP contribution in [0.4, 0.5) is 13.2 Å². The van der Waals surface area contributed by atoms with E-state index >= 15 is 0 Å². The fourth-order valence-corrected chi connectivity index (χ4v) is 4.85. The lowest BCUT2D eigenvalue weighted by atomic mass is 9.95. The summed E-state index contributed by atoms with van der Waals surface area (Å²) in [6, 6.07) is 10.3. The van der Waals surface area contributed by atoms with E-state index < -0.39 is 39.5 Å². The molecule has 6 nitrogen and oxygen atoms in total. The van der Waals surface area contributed by atoms with Crippen molar-refractivity contribution in [2.45, 2.75) is 61.3 Å². The minimum absolute atomic E-state index is 0.104. The van der Waals surface area contributed by atoms with Crippen molar-refractivity contribution in [1.29, 1.82) is 5.26 Å². The predicted octanol–water partition coefficient (Wildman–Crippen LogP) is 4.37. The largest absolute Gasteiger partial charge is 0.408 e. The zero-order chi connectivity index (χ0) is 25.3. The number of hydrogen-bond acceptors (Lipinski definition) is 5. The lowest BCUT2D eigenvalue weighted by molar-refractivity contribution is -0.199. The fraction of sp³-hybridized carbons (Fsp3) is 0.417. The second-order valence-electron chi connectivity index (χ2n) is 8.62. The summed E-state index contributed by atoms with van der Waals surface area (Å²) < 4.78 is 66.6. The van der Waals surface area contributed by atoms with Crippen molar-refractivity contribution in [2.24, 2.45) is 5.73 Å². The molecule has 0 aliphatic heterocycles. The van der Waals surface area contributed by atoms with Crippen LogP contribution in [-0.4, -0.2) is 43.2 Å². The number of halogens is 3. The van der Waals surface area contributed by atoms with E-state index in [4.69, 9.17) is 5.73 Å². The van der Waals surface area contributed by atoms with Gasteiger partial charge in [-0.25, -0.2) is 8.42 Å². The molecule has 2 atom stereocenters. The molecular formula is C24H26F3N3O3S. The number of sulfone groups is 1. The average Bonchev–Trinajstić information content (AvgIpc) is 3.56. The molecule has 0 radical (unpaired) electrons. The standard InChI is InChI=1S/C24H26F3N3O3S/c1-3-4-20(22(29)31)30(23(15-28)13-14-23)21(24(25,26)27)18-7-5-16(6-8-18)17-9-11-19(12-10-17)34(2,32)33/h5-12,20-21H,3-4,13-14H2,1-2H3,(H2,29,31)/t20-,21-/m0/s1. The molecule has 1 fully saturated rings. The van der Waals surface area contributed by atoms with E-state index in [2.05, 4.69) is 0 Å². The second kappa shape index (κ2) is 9.39. The highest BCUT2D eigenvalue weighted by atomic mass is 32.2. The van der Waals surface area contributed by atoms with E-state index in [1.807, 2.05) is 6.07 Å². The minimum atomic E-state index is -4.76. The molecule has 0 unspecified atom stereocenters. The maximum atomic E-state index is 14.4. The van der Waals surface area contributed by atoms with Gasteiger partial charge >= 0.3 is 6.18 Å². The van der Waals surface area contributed by atoms with Crippen molar-refractivity contribution in [3.63, 3.8) is 0 Å². The average molecular weight is 494 g/mol. The van der Waals surface area contributed by atoms with Gasteiger partial charge in [0.15, 0.2) is 9.84 Å². The molecule has 34 heavy (non-hydrogen) atoms. The number of primary amides is 1. The molecule has 1 amide bonds. The molecule has 2 aromatic rings. The number of carbonyl (C=O) groups is 1. The van der Waals surface area contributed by atoms with E-state index in [9.17, 15) is 31.6 Å². The van der Waals surface area contributed by atoms with Crippen molar-refractivity contribution in [1.82, 2.24) is 4.90 Å². The van der Waals surface area contributed by atoms with Crippen LogP contribution >= 0.6 is 0 Å². The van der Waals surface area contributed by atoms with Gasteiger partial charge in [-0.15, -0.1) is 0 Å². The Morgan fingerprint density at radius 3 is 1.97 bits per heavy atom. The molecule has 1 aliphatic carbocycles. The lowest BCUT2D eigenvalue weighted by Gasteiger charge is -2.41. The van der Waals surface area contributed by atoms with Gasteiger partial charge < -0.3 is 5.73 Å². The summed E-state index contributed by atoms with van der Waals surface area (Å²) in [4.78, 5) is 13.3. The highest BCUT2D eigenvalue weighted by Crippen LogP contribution is 2.51. The SMILES string of the molecule is CCC[C@@H](C(N)=O)N([C@@H](c1ccc(-c2ccc(S(C)(=O)=O)cc2)cc1)C(F)(F)F)C1(C#N)CC1. The minimum Gasteiger partial charge on any atom is -0.368 e. The molecule has 182 valence electrons. The normalized spacial score (nSPS) is 17.1. The zero-order valence-corrected chi connectivity index (χ0v) is 19.7.